The molecule has 1 fully saturated rings. The van der Waals surface area contributed by atoms with Gasteiger partial charge in [-0.1, -0.05) is 42.5 Å². The largest absolute Gasteiger partial charge is 0.494 e. The minimum Gasteiger partial charge on any atom is -0.494 e. The number of ether oxygens (including phenoxy) is 1. The summed E-state index contributed by atoms with van der Waals surface area (Å²) in [7, 11) is 1.87. The molecule has 4 aromatic rings. The molecule has 1 aliphatic heterocycles. The second-order valence-corrected chi connectivity index (χ2v) is 8.00. The number of fused-ring (bicyclic) bond motifs is 2. The van der Waals surface area contributed by atoms with Crippen molar-refractivity contribution in [1.29, 1.82) is 0 Å². The summed E-state index contributed by atoms with van der Waals surface area (Å²) in [5, 5.41) is 2.41. The number of amides is 1. The van der Waals surface area contributed by atoms with Crippen molar-refractivity contribution >= 4 is 27.7 Å². The second kappa shape index (κ2) is 7.82. The average molecular weight is 399 g/mol. The van der Waals surface area contributed by atoms with Gasteiger partial charge in [0.2, 0.25) is 5.91 Å². The van der Waals surface area contributed by atoms with E-state index in [4.69, 9.17) is 9.72 Å². The van der Waals surface area contributed by atoms with Crippen LogP contribution in [0.1, 0.15) is 24.6 Å². The van der Waals surface area contributed by atoms with Crippen LogP contribution in [0.5, 0.6) is 5.75 Å². The van der Waals surface area contributed by atoms with E-state index in [9.17, 15) is 4.79 Å². The quantitative estimate of drug-likeness (QED) is 0.445. The SMILES string of the molecule is CN1CC(c2nc3ccccc3n2CCCOc2ccc3ccccc3c2)CC1=O. The number of imidazole rings is 1. The first-order valence-electron chi connectivity index (χ1n) is 10.5. The fourth-order valence-electron chi connectivity index (χ4n) is 4.35. The molecule has 1 atom stereocenters. The minimum atomic E-state index is 0.149. The Labute approximate surface area is 175 Å². The van der Waals surface area contributed by atoms with Crippen LogP contribution in [0.3, 0.4) is 0 Å². The molecule has 1 saturated heterocycles. The van der Waals surface area contributed by atoms with Crippen LogP contribution in [0.25, 0.3) is 21.8 Å². The molecule has 3 aromatic carbocycles. The number of rotatable bonds is 6. The van der Waals surface area contributed by atoms with Gasteiger partial charge in [0.25, 0.3) is 0 Å². The lowest BCUT2D eigenvalue weighted by Crippen LogP contribution is -2.19. The van der Waals surface area contributed by atoms with Gasteiger partial charge in [0.1, 0.15) is 11.6 Å². The molecule has 0 bridgehead atoms. The first-order valence-corrected chi connectivity index (χ1v) is 10.5. The van der Waals surface area contributed by atoms with E-state index < -0.39 is 0 Å². The smallest absolute Gasteiger partial charge is 0.223 e. The van der Waals surface area contributed by atoms with Crippen LogP contribution in [-0.4, -0.2) is 40.6 Å². The van der Waals surface area contributed by atoms with Gasteiger partial charge in [-0.2, -0.15) is 0 Å². The standard InChI is InChI=1S/C25H25N3O2/c1-27-17-20(16-24(27)29)25-26-22-9-4-5-10-23(22)28(25)13-6-14-30-21-12-11-18-7-2-3-8-19(18)15-21/h2-5,7-12,15,20H,6,13-14,16-17H2,1H3. The Hall–Kier alpha value is -3.34. The van der Waals surface area contributed by atoms with Gasteiger partial charge in [0.15, 0.2) is 0 Å². The summed E-state index contributed by atoms with van der Waals surface area (Å²) in [6.07, 6.45) is 1.41. The molecule has 1 aromatic heterocycles. The van der Waals surface area contributed by atoms with E-state index >= 15 is 0 Å². The summed E-state index contributed by atoms with van der Waals surface area (Å²) in [5.41, 5.74) is 2.12. The minimum absolute atomic E-state index is 0.149. The van der Waals surface area contributed by atoms with Crippen molar-refractivity contribution in [3.63, 3.8) is 0 Å². The first kappa shape index (κ1) is 18.7. The predicted molar refractivity (Wildman–Crippen MR) is 119 cm³/mol. The molecule has 0 spiro atoms. The number of likely N-dealkylation sites (tertiary alicyclic amines) is 1. The highest BCUT2D eigenvalue weighted by Gasteiger charge is 2.31. The molecule has 1 aliphatic rings. The summed E-state index contributed by atoms with van der Waals surface area (Å²) in [6, 6.07) is 22.7. The Morgan fingerprint density at radius 2 is 1.83 bits per heavy atom. The van der Waals surface area contributed by atoms with Crippen molar-refractivity contribution in [2.45, 2.75) is 25.3 Å². The van der Waals surface area contributed by atoms with Gasteiger partial charge in [0, 0.05) is 32.5 Å². The average Bonchev–Trinajstić information content (AvgIpc) is 3.31. The monoisotopic (exact) mass is 399 g/mol. The zero-order valence-electron chi connectivity index (χ0n) is 17.1. The van der Waals surface area contributed by atoms with Crippen LogP contribution in [0, 0.1) is 0 Å². The fraction of sp³-hybridized carbons (Fsp3) is 0.280. The fourth-order valence-corrected chi connectivity index (χ4v) is 4.35. The van der Waals surface area contributed by atoms with Crippen LogP contribution in [-0.2, 0) is 11.3 Å². The third-order valence-electron chi connectivity index (χ3n) is 5.91. The molecule has 1 amide bonds. The topological polar surface area (TPSA) is 47.4 Å². The second-order valence-electron chi connectivity index (χ2n) is 8.00. The van der Waals surface area contributed by atoms with Gasteiger partial charge in [-0.3, -0.25) is 4.79 Å². The Morgan fingerprint density at radius 1 is 1.03 bits per heavy atom. The number of nitrogens with zero attached hydrogens (tertiary/aromatic N) is 3. The zero-order chi connectivity index (χ0) is 20.5. The Balaban J connectivity index is 1.31. The van der Waals surface area contributed by atoms with Crippen molar-refractivity contribution in [2.75, 3.05) is 20.2 Å². The first-order chi connectivity index (χ1) is 14.7. The Bertz CT molecular complexity index is 1210. The van der Waals surface area contributed by atoms with Gasteiger partial charge < -0.3 is 14.2 Å². The molecular formula is C25H25N3O2. The number of hydrogen-bond donors (Lipinski definition) is 0. The van der Waals surface area contributed by atoms with Crippen molar-refractivity contribution in [2.24, 2.45) is 0 Å². The van der Waals surface area contributed by atoms with E-state index in [0.29, 0.717) is 13.0 Å². The molecule has 2 heterocycles. The molecule has 0 aliphatic carbocycles. The van der Waals surface area contributed by atoms with E-state index in [1.54, 1.807) is 4.90 Å². The maximum Gasteiger partial charge on any atom is 0.223 e. The molecule has 1 unspecified atom stereocenters. The van der Waals surface area contributed by atoms with Gasteiger partial charge in [-0.25, -0.2) is 4.98 Å². The van der Waals surface area contributed by atoms with Crippen molar-refractivity contribution < 1.29 is 9.53 Å². The molecule has 5 heteroatoms. The number of benzene rings is 3. The number of aromatic nitrogens is 2. The lowest BCUT2D eigenvalue weighted by Gasteiger charge is -2.14. The molecule has 0 N–H and O–H groups in total. The summed E-state index contributed by atoms with van der Waals surface area (Å²) in [6.45, 7) is 2.18. The highest BCUT2D eigenvalue weighted by atomic mass is 16.5. The summed E-state index contributed by atoms with van der Waals surface area (Å²) in [4.78, 5) is 18.7. The van der Waals surface area contributed by atoms with Crippen molar-refractivity contribution in [3.8, 4) is 5.75 Å². The lowest BCUT2D eigenvalue weighted by molar-refractivity contribution is -0.126. The molecule has 30 heavy (non-hydrogen) atoms. The normalized spacial score (nSPS) is 16.6. The van der Waals surface area contributed by atoms with E-state index in [2.05, 4.69) is 34.9 Å². The maximum absolute atomic E-state index is 12.1. The van der Waals surface area contributed by atoms with E-state index in [0.717, 1.165) is 42.1 Å². The zero-order valence-corrected chi connectivity index (χ0v) is 17.1. The molecule has 5 rings (SSSR count). The number of likely N-dealkylation sites (N-methyl/N-ethyl adjacent to an activating group) is 1. The number of para-hydroxylation sites is 2. The molecular weight excluding hydrogens is 374 g/mol. The summed E-state index contributed by atoms with van der Waals surface area (Å²) < 4.78 is 8.30. The van der Waals surface area contributed by atoms with Crippen molar-refractivity contribution in [3.05, 3.63) is 72.6 Å². The summed E-state index contributed by atoms with van der Waals surface area (Å²) in [5.74, 6) is 2.25. The van der Waals surface area contributed by atoms with Gasteiger partial charge >= 0.3 is 0 Å². The van der Waals surface area contributed by atoms with Crippen LogP contribution >= 0.6 is 0 Å². The molecule has 152 valence electrons. The third kappa shape index (κ3) is 3.52. The lowest BCUT2D eigenvalue weighted by atomic mass is 10.1. The summed E-state index contributed by atoms with van der Waals surface area (Å²) >= 11 is 0. The number of carbonyl (C=O) groups is 1. The van der Waals surface area contributed by atoms with Crippen LogP contribution in [0.4, 0.5) is 0 Å². The highest BCUT2D eigenvalue weighted by molar-refractivity contribution is 5.83. The molecule has 0 saturated carbocycles. The number of hydrogen-bond acceptors (Lipinski definition) is 3. The van der Waals surface area contributed by atoms with Gasteiger partial charge in [-0.15, -0.1) is 0 Å². The predicted octanol–water partition coefficient (Wildman–Crippen LogP) is 4.60. The van der Waals surface area contributed by atoms with Crippen LogP contribution in [0.2, 0.25) is 0 Å². The maximum atomic E-state index is 12.1. The van der Waals surface area contributed by atoms with E-state index in [-0.39, 0.29) is 11.8 Å². The van der Waals surface area contributed by atoms with Crippen molar-refractivity contribution in [1.82, 2.24) is 14.5 Å². The third-order valence-corrected chi connectivity index (χ3v) is 5.91. The van der Waals surface area contributed by atoms with Gasteiger partial charge in [-0.05, 0) is 41.5 Å². The highest BCUT2D eigenvalue weighted by Crippen LogP contribution is 2.30. The molecule has 0 radical (unpaired) electrons. The van der Waals surface area contributed by atoms with E-state index in [1.165, 1.54) is 10.8 Å². The van der Waals surface area contributed by atoms with E-state index in [1.807, 2.05) is 43.4 Å². The number of aryl methyl sites for hydroxylation is 1. The molecule has 5 nitrogen and oxygen atoms in total. The van der Waals surface area contributed by atoms with Gasteiger partial charge in [0.05, 0.1) is 17.6 Å². The Morgan fingerprint density at radius 3 is 2.67 bits per heavy atom. The van der Waals surface area contributed by atoms with Crippen LogP contribution < -0.4 is 4.74 Å². The van der Waals surface area contributed by atoms with Crippen LogP contribution in [0.15, 0.2) is 66.7 Å². The Kier molecular flexibility index (Phi) is 4.87. The number of carbonyl (C=O) groups excluding carboxylic acids is 1.